The minimum Gasteiger partial charge on any atom is -0.468 e. The van der Waals surface area contributed by atoms with E-state index in [4.69, 9.17) is 0 Å². The molecule has 14 heavy (non-hydrogen) atoms. The van der Waals surface area contributed by atoms with E-state index in [9.17, 15) is 9.59 Å². The van der Waals surface area contributed by atoms with Crippen molar-refractivity contribution in [3.8, 4) is 0 Å². The normalized spacial score (nSPS) is 9.57. The van der Waals surface area contributed by atoms with Gasteiger partial charge in [-0.05, 0) is 22.0 Å². The molecule has 0 aromatic carbocycles. The van der Waals surface area contributed by atoms with Gasteiger partial charge in [-0.1, -0.05) is 0 Å². The Hall–Kier alpha value is -0.880. The third-order valence-corrected chi connectivity index (χ3v) is 2.96. The molecule has 0 atom stereocenters. The van der Waals surface area contributed by atoms with Crippen LogP contribution in [-0.2, 0) is 9.53 Å². The lowest BCUT2D eigenvalue weighted by molar-refractivity contribution is -0.139. The van der Waals surface area contributed by atoms with Gasteiger partial charge in [0, 0.05) is 5.38 Å². The Bertz CT molecular complexity index is 350. The molecule has 1 N–H and O–H groups in total. The van der Waals surface area contributed by atoms with Gasteiger partial charge in [0.25, 0.3) is 5.91 Å². The van der Waals surface area contributed by atoms with E-state index in [1.165, 1.54) is 18.4 Å². The number of nitrogens with one attached hydrogen (secondary N) is 1. The first kappa shape index (κ1) is 11.2. The highest BCUT2D eigenvalue weighted by atomic mass is 79.9. The molecule has 0 aliphatic carbocycles. The van der Waals surface area contributed by atoms with Crippen LogP contribution in [0.2, 0.25) is 0 Å². The molecule has 0 unspecified atom stereocenters. The van der Waals surface area contributed by atoms with Gasteiger partial charge in [0.2, 0.25) is 0 Å². The van der Waals surface area contributed by atoms with Crippen LogP contribution in [0.1, 0.15) is 10.4 Å². The Morgan fingerprint density at radius 1 is 1.64 bits per heavy atom. The van der Waals surface area contributed by atoms with Crippen molar-refractivity contribution in [2.45, 2.75) is 0 Å². The van der Waals surface area contributed by atoms with Crippen molar-refractivity contribution in [3.63, 3.8) is 0 Å². The number of thiophene rings is 1. The first-order valence-corrected chi connectivity index (χ1v) is 5.40. The van der Waals surface area contributed by atoms with E-state index in [2.05, 4.69) is 26.0 Å². The molecule has 1 amide bonds. The predicted octanol–water partition coefficient (Wildman–Crippen LogP) is 1.41. The summed E-state index contributed by atoms with van der Waals surface area (Å²) in [7, 11) is 1.27. The number of esters is 1. The van der Waals surface area contributed by atoms with Gasteiger partial charge in [0.05, 0.1) is 16.5 Å². The lowest BCUT2D eigenvalue weighted by Gasteiger charge is -2.00. The number of halogens is 1. The average Bonchev–Trinajstić information content (AvgIpc) is 2.60. The molecule has 0 aliphatic heterocycles. The Balaban J connectivity index is 2.47. The maximum atomic E-state index is 11.3. The monoisotopic (exact) mass is 277 g/mol. The van der Waals surface area contributed by atoms with Crippen LogP contribution >= 0.6 is 27.3 Å². The van der Waals surface area contributed by atoms with E-state index in [1.807, 2.05) is 0 Å². The SMILES string of the molecule is COC(=O)CNC(=O)c1csc(Br)c1. The highest BCUT2D eigenvalue weighted by molar-refractivity contribution is 9.11. The number of carbonyl (C=O) groups is 2. The fraction of sp³-hybridized carbons (Fsp3) is 0.250. The summed E-state index contributed by atoms with van der Waals surface area (Å²) in [6.45, 7) is -0.108. The van der Waals surface area contributed by atoms with Crippen LogP contribution in [0.15, 0.2) is 15.2 Å². The molecule has 0 saturated carbocycles. The number of ether oxygens (including phenoxy) is 1. The Kier molecular flexibility index (Phi) is 4.09. The van der Waals surface area contributed by atoms with Gasteiger partial charge in [-0.25, -0.2) is 0 Å². The van der Waals surface area contributed by atoms with Crippen molar-refractivity contribution in [2.24, 2.45) is 0 Å². The molecule has 1 heterocycles. The van der Waals surface area contributed by atoms with Crippen molar-refractivity contribution in [1.29, 1.82) is 0 Å². The summed E-state index contributed by atoms with van der Waals surface area (Å²) >= 11 is 4.65. The average molecular weight is 278 g/mol. The molecule has 0 bridgehead atoms. The van der Waals surface area contributed by atoms with E-state index < -0.39 is 5.97 Å². The summed E-state index contributed by atoms with van der Waals surface area (Å²) in [5, 5.41) is 4.14. The lowest BCUT2D eigenvalue weighted by atomic mass is 10.3. The minimum atomic E-state index is -0.465. The summed E-state index contributed by atoms with van der Waals surface area (Å²) in [5.41, 5.74) is 0.533. The highest BCUT2D eigenvalue weighted by Crippen LogP contribution is 2.20. The minimum absolute atomic E-state index is 0.108. The second kappa shape index (κ2) is 5.11. The van der Waals surface area contributed by atoms with E-state index in [1.54, 1.807) is 11.4 Å². The number of methoxy groups -OCH3 is 1. The summed E-state index contributed by atoms with van der Waals surface area (Å²) in [6, 6.07) is 1.69. The third-order valence-electron chi connectivity index (χ3n) is 1.45. The van der Waals surface area contributed by atoms with Gasteiger partial charge >= 0.3 is 5.97 Å². The van der Waals surface area contributed by atoms with Crippen LogP contribution in [0.25, 0.3) is 0 Å². The highest BCUT2D eigenvalue weighted by Gasteiger charge is 2.09. The molecular weight excluding hydrogens is 270 g/mol. The third kappa shape index (κ3) is 3.12. The van der Waals surface area contributed by atoms with Crippen LogP contribution in [-0.4, -0.2) is 25.5 Å². The zero-order valence-corrected chi connectivity index (χ0v) is 9.78. The second-order valence-electron chi connectivity index (χ2n) is 2.40. The quantitative estimate of drug-likeness (QED) is 0.851. The molecule has 1 rings (SSSR count). The van der Waals surface area contributed by atoms with E-state index in [0.29, 0.717) is 5.56 Å². The number of hydrogen-bond donors (Lipinski definition) is 1. The van der Waals surface area contributed by atoms with Gasteiger partial charge in [-0.2, -0.15) is 0 Å². The Labute approximate surface area is 93.4 Å². The summed E-state index contributed by atoms with van der Waals surface area (Å²) < 4.78 is 5.26. The summed E-state index contributed by atoms with van der Waals surface area (Å²) in [6.07, 6.45) is 0. The molecule has 1 aromatic heterocycles. The van der Waals surface area contributed by atoms with Crippen LogP contribution < -0.4 is 5.32 Å². The smallest absolute Gasteiger partial charge is 0.325 e. The lowest BCUT2D eigenvalue weighted by Crippen LogP contribution is -2.29. The van der Waals surface area contributed by atoms with E-state index >= 15 is 0 Å². The largest absolute Gasteiger partial charge is 0.468 e. The van der Waals surface area contributed by atoms with Gasteiger partial charge in [0.15, 0.2) is 0 Å². The van der Waals surface area contributed by atoms with Crippen molar-refractivity contribution in [1.82, 2.24) is 5.32 Å². The van der Waals surface area contributed by atoms with E-state index in [0.717, 1.165) is 3.79 Å². The maximum Gasteiger partial charge on any atom is 0.325 e. The first-order valence-electron chi connectivity index (χ1n) is 3.72. The molecule has 0 spiro atoms. The number of carbonyl (C=O) groups excluding carboxylic acids is 2. The number of amides is 1. The molecule has 6 heteroatoms. The van der Waals surface area contributed by atoms with Gasteiger partial charge in [-0.15, -0.1) is 11.3 Å². The fourth-order valence-electron chi connectivity index (χ4n) is 0.756. The Morgan fingerprint density at radius 2 is 2.36 bits per heavy atom. The van der Waals surface area contributed by atoms with E-state index in [-0.39, 0.29) is 12.5 Å². The predicted molar refractivity (Wildman–Crippen MR) is 56.4 cm³/mol. The molecule has 0 aliphatic rings. The molecule has 0 fully saturated rings. The second-order valence-corrected chi connectivity index (χ2v) is 4.69. The molecular formula is C8H8BrNO3S. The van der Waals surface area contributed by atoms with Crippen molar-refractivity contribution in [3.05, 3.63) is 20.8 Å². The number of hydrogen-bond acceptors (Lipinski definition) is 4. The van der Waals surface area contributed by atoms with Crippen LogP contribution in [0, 0.1) is 0 Å². The molecule has 4 nitrogen and oxygen atoms in total. The van der Waals surface area contributed by atoms with Crippen LogP contribution in [0.5, 0.6) is 0 Å². The summed E-state index contributed by atoms with van der Waals surface area (Å²) in [5.74, 6) is -0.745. The van der Waals surface area contributed by atoms with Crippen molar-refractivity contribution >= 4 is 39.1 Å². The maximum absolute atomic E-state index is 11.3. The Morgan fingerprint density at radius 3 is 2.86 bits per heavy atom. The van der Waals surface area contributed by atoms with Crippen molar-refractivity contribution in [2.75, 3.05) is 13.7 Å². The zero-order valence-electron chi connectivity index (χ0n) is 7.37. The molecule has 1 aromatic rings. The first-order chi connectivity index (χ1) is 6.63. The van der Waals surface area contributed by atoms with Gasteiger partial charge in [0.1, 0.15) is 6.54 Å². The summed E-state index contributed by atoms with van der Waals surface area (Å²) in [4.78, 5) is 22.1. The van der Waals surface area contributed by atoms with Crippen LogP contribution in [0.4, 0.5) is 0 Å². The van der Waals surface area contributed by atoms with Gasteiger partial charge < -0.3 is 10.1 Å². The fourth-order valence-corrected chi connectivity index (χ4v) is 1.89. The standard InChI is InChI=1S/C8H8BrNO3S/c1-13-7(11)3-10-8(12)5-2-6(9)14-4-5/h2,4H,3H2,1H3,(H,10,12). The topological polar surface area (TPSA) is 55.4 Å². The molecule has 0 radical (unpaired) electrons. The zero-order chi connectivity index (χ0) is 10.6. The van der Waals surface area contributed by atoms with Crippen molar-refractivity contribution < 1.29 is 14.3 Å². The number of rotatable bonds is 3. The molecule has 0 saturated heterocycles. The molecule has 76 valence electrons. The van der Waals surface area contributed by atoms with Gasteiger partial charge in [-0.3, -0.25) is 9.59 Å². The van der Waals surface area contributed by atoms with Crippen LogP contribution in [0.3, 0.4) is 0 Å².